The largest absolute Gasteiger partial charge is 0.465 e. The van der Waals surface area contributed by atoms with Crippen LogP contribution in [0.4, 0.5) is 0 Å². The van der Waals surface area contributed by atoms with Gasteiger partial charge in [0.1, 0.15) is 11.5 Å². The lowest BCUT2D eigenvalue weighted by atomic mass is 10.1. The van der Waals surface area contributed by atoms with Crippen molar-refractivity contribution in [2.45, 2.75) is 6.92 Å². The van der Waals surface area contributed by atoms with Gasteiger partial charge in [0.2, 0.25) is 0 Å². The predicted molar refractivity (Wildman–Crippen MR) is 76.1 cm³/mol. The lowest BCUT2D eigenvalue weighted by Crippen LogP contribution is -2.25. The van der Waals surface area contributed by atoms with Crippen LogP contribution in [0.2, 0.25) is 10.0 Å². The number of carbonyl (C=O) groups excluding carboxylic acids is 2. The highest BCUT2D eigenvalue weighted by Crippen LogP contribution is 2.21. The van der Waals surface area contributed by atoms with E-state index < -0.39 is 33.1 Å². The van der Waals surface area contributed by atoms with E-state index in [0.717, 1.165) is 0 Å². The summed E-state index contributed by atoms with van der Waals surface area (Å²) in [6, 6.07) is 4.11. The number of esters is 1. The molecule has 0 aliphatic heterocycles. The van der Waals surface area contributed by atoms with Crippen molar-refractivity contribution in [3.05, 3.63) is 33.8 Å². The average molecular weight is 339 g/mol. The lowest BCUT2D eigenvalue weighted by molar-refractivity contribution is -0.139. The van der Waals surface area contributed by atoms with Crippen molar-refractivity contribution in [1.29, 1.82) is 0 Å². The molecule has 20 heavy (non-hydrogen) atoms. The number of halogens is 2. The SMILES string of the molecule is CCOC(=O)CS(=O)(=O)CC(=O)c1ccc(Cl)cc1Cl. The Morgan fingerprint density at radius 3 is 2.40 bits per heavy atom. The van der Waals surface area contributed by atoms with E-state index in [2.05, 4.69) is 4.74 Å². The first kappa shape index (κ1) is 16.9. The van der Waals surface area contributed by atoms with Gasteiger partial charge in [0, 0.05) is 10.6 Å². The number of ketones is 1. The van der Waals surface area contributed by atoms with Crippen molar-refractivity contribution < 1.29 is 22.7 Å². The molecule has 110 valence electrons. The Morgan fingerprint density at radius 1 is 1.20 bits per heavy atom. The molecule has 0 aliphatic rings. The van der Waals surface area contributed by atoms with Gasteiger partial charge in [-0.3, -0.25) is 9.59 Å². The average Bonchev–Trinajstić information content (AvgIpc) is 2.26. The van der Waals surface area contributed by atoms with E-state index in [-0.39, 0.29) is 17.2 Å². The first-order chi connectivity index (χ1) is 9.25. The Kier molecular flexibility index (Phi) is 5.98. The second-order valence-corrected chi connectivity index (χ2v) is 6.79. The van der Waals surface area contributed by atoms with Crippen LogP contribution in [0.15, 0.2) is 18.2 Å². The monoisotopic (exact) mass is 338 g/mol. The first-order valence-corrected chi connectivity index (χ1v) is 8.17. The fourth-order valence-electron chi connectivity index (χ4n) is 1.43. The van der Waals surface area contributed by atoms with Crippen molar-refractivity contribution in [3.8, 4) is 0 Å². The van der Waals surface area contributed by atoms with Gasteiger partial charge in [-0.2, -0.15) is 0 Å². The molecule has 0 heterocycles. The fraction of sp³-hybridized carbons (Fsp3) is 0.333. The van der Waals surface area contributed by atoms with Crippen LogP contribution >= 0.6 is 23.2 Å². The number of ether oxygens (including phenoxy) is 1. The Balaban J connectivity index is 2.82. The van der Waals surface area contributed by atoms with Crippen molar-refractivity contribution in [1.82, 2.24) is 0 Å². The van der Waals surface area contributed by atoms with Crippen LogP contribution in [0.25, 0.3) is 0 Å². The number of hydrogen-bond donors (Lipinski definition) is 0. The van der Waals surface area contributed by atoms with Gasteiger partial charge in [-0.1, -0.05) is 23.2 Å². The summed E-state index contributed by atoms with van der Waals surface area (Å²) in [5.41, 5.74) is 0.0449. The minimum Gasteiger partial charge on any atom is -0.465 e. The summed E-state index contributed by atoms with van der Waals surface area (Å²) in [5, 5.41) is 0.398. The van der Waals surface area contributed by atoms with Gasteiger partial charge in [-0.15, -0.1) is 0 Å². The van der Waals surface area contributed by atoms with Gasteiger partial charge in [-0.25, -0.2) is 8.42 Å². The van der Waals surface area contributed by atoms with Crippen LogP contribution in [0, 0.1) is 0 Å². The molecule has 0 unspecified atom stereocenters. The lowest BCUT2D eigenvalue weighted by Gasteiger charge is -2.05. The van der Waals surface area contributed by atoms with Crippen LogP contribution in [-0.4, -0.2) is 38.3 Å². The summed E-state index contributed by atoms with van der Waals surface area (Å²) in [7, 11) is -3.89. The van der Waals surface area contributed by atoms with Gasteiger partial charge < -0.3 is 4.74 Å². The number of sulfone groups is 1. The maximum absolute atomic E-state index is 11.9. The molecular weight excluding hydrogens is 327 g/mol. The third-order valence-electron chi connectivity index (χ3n) is 2.23. The van der Waals surface area contributed by atoms with Crippen LogP contribution in [0.1, 0.15) is 17.3 Å². The molecule has 0 amide bonds. The summed E-state index contributed by atoms with van der Waals surface area (Å²) in [6.45, 7) is 1.63. The minimum absolute atomic E-state index is 0.0449. The molecule has 0 radical (unpaired) electrons. The highest BCUT2D eigenvalue weighted by atomic mass is 35.5. The van der Waals surface area contributed by atoms with Crippen LogP contribution in [-0.2, 0) is 19.4 Å². The summed E-state index contributed by atoms with van der Waals surface area (Å²) >= 11 is 11.5. The van der Waals surface area contributed by atoms with Crippen molar-refractivity contribution in [2.24, 2.45) is 0 Å². The quantitative estimate of drug-likeness (QED) is 0.586. The molecule has 0 atom stereocenters. The summed E-state index contributed by atoms with van der Waals surface area (Å²) in [6.07, 6.45) is 0. The molecule has 0 saturated heterocycles. The van der Waals surface area contributed by atoms with Crippen LogP contribution < -0.4 is 0 Å². The van der Waals surface area contributed by atoms with Gasteiger partial charge in [0.25, 0.3) is 0 Å². The Bertz CT molecular complexity index is 625. The molecule has 0 bridgehead atoms. The molecule has 0 aliphatic carbocycles. The normalized spacial score (nSPS) is 11.2. The molecule has 1 rings (SSSR count). The van der Waals surface area contributed by atoms with E-state index in [1.54, 1.807) is 6.92 Å². The fourth-order valence-corrected chi connectivity index (χ4v) is 3.04. The topological polar surface area (TPSA) is 77.5 Å². The van der Waals surface area contributed by atoms with Crippen LogP contribution in [0.3, 0.4) is 0 Å². The standard InChI is InChI=1S/C12H12Cl2O5S/c1-2-19-12(16)7-20(17,18)6-11(15)9-4-3-8(13)5-10(9)14/h3-5H,2,6-7H2,1H3. The third-order valence-corrected chi connectivity index (χ3v) is 4.15. The maximum atomic E-state index is 11.9. The Morgan fingerprint density at radius 2 is 1.85 bits per heavy atom. The number of Topliss-reactive ketones (excluding diaryl/α,β-unsaturated/α-hetero) is 1. The number of benzene rings is 1. The summed E-state index contributed by atoms with van der Waals surface area (Å²) < 4.78 is 27.9. The molecule has 0 saturated carbocycles. The maximum Gasteiger partial charge on any atom is 0.321 e. The minimum atomic E-state index is -3.89. The van der Waals surface area contributed by atoms with Crippen molar-refractivity contribution >= 4 is 44.8 Å². The molecular formula is C12H12Cl2O5S. The molecule has 8 heteroatoms. The van der Waals surface area contributed by atoms with E-state index in [1.807, 2.05) is 0 Å². The highest BCUT2D eigenvalue weighted by Gasteiger charge is 2.23. The van der Waals surface area contributed by atoms with E-state index >= 15 is 0 Å². The molecule has 0 fully saturated rings. The second kappa shape index (κ2) is 7.06. The summed E-state index contributed by atoms with van der Waals surface area (Å²) in [5.74, 6) is -3.23. The second-order valence-electron chi connectivity index (χ2n) is 3.88. The van der Waals surface area contributed by atoms with E-state index in [4.69, 9.17) is 23.2 Å². The number of rotatable bonds is 6. The molecule has 1 aromatic carbocycles. The molecule has 0 aromatic heterocycles. The number of carbonyl (C=O) groups is 2. The molecule has 5 nitrogen and oxygen atoms in total. The predicted octanol–water partition coefficient (Wildman–Crippen LogP) is 2.15. The Labute approximate surface area is 126 Å². The van der Waals surface area contributed by atoms with E-state index in [9.17, 15) is 18.0 Å². The smallest absolute Gasteiger partial charge is 0.321 e. The van der Waals surface area contributed by atoms with Crippen molar-refractivity contribution in [2.75, 3.05) is 18.1 Å². The summed E-state index contributed by atoms with van der Waals surface area (Å²) in [4.78, 5) is 23.0. The Hall–Kier alpha value is -1.11. The highest BCUT2D eigenvalue weighted by molar-refractivity contribution is 7.92. The van der Waals surface area contributed by atoms with Crippen LogP contribution in [0.5, 0.6) is 0 Å². The third kappa shape index (κ3) is 5.11. The first-order valence-electron chi connectivity index (χ1n) is 5.59. The van der Waals surface area contributed by atoms with E-state index in [0.29, 0.717) is 5.02 Å². The van der Waals surface area contributed by atoms with Gasteiger partial charge in [-0.05, 0) is 25.1 Å². The zero-order valence-corrected chi connectivity index (χ0v) is 12.9. The zero-order valence-electron chi connectivity index (χ0n) is 10.6. The van der Waals surface area contributed by atoms with E-state index in [1.165, 1.54) is 18.2 Å². The van der Waals surface area contributed by atoms with Gasteiger partial charge >= 0.3 is 5.97 Å². The van der Waals surface area contributed by atoms with Gasteiger partial charge in [0.15, 0.2) is 15.6 Å². The zero-order chi connectivity index (χ0) is 15.3. The molecule has 0 N–H and O–H groups in total. The molecule has 0 spiro atoms. The van der Waals surface area contributed by atoms with Crippen molar-refractivity contribution in [3.63, 3.8) is 0 Å². The molecule has 1 aromatic rings. The number of hydrogen-bond acceptors (Lipinski definition) is 5. The van der Waals surface area contributed by atoms with Gasteiger partial charge in [0.05, 0.1) is 11.6 Å².